The summed E-state index contributed by atoms with van der Waals surface area (Å²) in [6.45, 7) is 0. The van der Waals surface area contributed by atoms with Crippen LogP contribution < -0.4 is 4.74 Å². The molecule has 1 aliphatic rings. The van der Waals surface area contributed by atoms with Crippen LogP contribution in [0.4, 0.5) is 13.2 Å². The quantitative estimate of drug-likeness (QED) is 0.440. The summed E-state index contributed by atoms with van der Waals surface area (Å²) in [7, 11) is 0. The van der Waals surface area contributed by atoms with Crippen molar-refractivity contribution in [1.82, 2.24) is 19.9 Å². The van der Waals surface area contributed by atoms with Crippen LogP contribution in [0.25, 0.3) is 22.0 Å². The van der Waals surface area contributed by atoms with E-state index in [1.807, 2.05) is 0 Å². The third kappa shape index (κ3) is 2.78. The molecule has 1 aliphatic carbocycles. The standard InChI is InChI=1S/C20H9F3N4O2/c21-20(22,23)19-26-8-13-16-12-4-3-10(29-11-2-1-5-24-7-11)6-15(12)25-9-14(16)18(28)17(13)27-19/h1-9H. The van der Waals surface area contributed by atoms with E-state index < -0.39 is 17.8 Å². The van der Waals surface area contributed by atoms with Crippen LogP contribution >= 0.6 is 0 Å². The second-order valence-corrected chi connectivity index (χ2v) is 6.30. The van der Waals surface area contributed by atoms with Gasteiger partial charge in [-0.1, -0.05) is 0 Å². The molecule has 1 aromatic carbocycles. The molecule has 4 aromatic rings. The van der Waals surface area contributed by atoms with E-state index in [0.717, 1.165) is 6.20 Å². The molecule has 0 atom stereocenters. The van der Waals surface area contributed by atoms with Crippen LogP contribution in [0.5, 0.6) is 11.5 Å². The number of nitrogens with zero attached hydrogens (tertiary/aromatic N) is 4. The number of hydrogen-bond donors (Lipinski definition) is 0. The first-order valence-corrected chi connectivity index (χ1v) is 8.42. The van der Waals surface area contributed by atoms with Crippen molar-refractivity contribution in [3.63, 3.8) is 0 Å². The van der Waals surface area contributed by atoms with Crippen molar-refractivity contribution < 1.29 is 22.7 Å². The predicted molar refractivity (Wildman–Crippen MR) is 95.5 cm³/mol. The normalized spacial score (nSPS) is 12.7. The van der Waals surface area contributed by atoms with Crippen LogP contribution in [0, 0.1) is 0 Å². The van der Waals surface area contributed by atoms with Gasteiger partial charge in [0.15, 0.2) is 0 Å². The Balaban J connectivity index is 1.63. The molecule has 0 saturated heterocycles. The van der Waals surface area contributed by atoms with E-state index in [2.05, 4.69) is 19.9 Å². The highest BCUT2D eigenvalue weighted by molar-refractivity contribution is 6.24. The number of aromatic nitrogens is 4. The smallest absolute Gasteiger partial charge is 0.451 e. The van der Waals surface area contributed by atoms with E-state index >= 15 is 0 Å². The van der Waals surface area contributed by atoms with E-state index in [4.69, 9.17) is 4.74 Å². The van der Waals surface area contributed by atoms with Crippen LogP contribution in [-0.2, 0) is 6.18 Å². The molecule has 5 rings (SSSR count). The molecule has 3 aromatic heterocycles. The summed E-state index contributed by atoms with van der Waals surface area (Å²) in [6, 6.07) is 8.55. The number of fused-ring (bicyclic) bond motifs is 5. The van der Waals surface area contributed by atoms with Gasteiger partial charge >= 0.3 is 6.18 Å². The van der Waals surface area contributed by atoms with Crippen LogP contribution in [0.2, 0.25) is 0 Å². The van der Waals surface area contributed by atoms with Crippen molar-refractivity contribution in [3.05, 3.63) is 72.2 Å². The highest BCUT2D eigenvalue weighted by Crippen LogP contribution is 2.41. The summed E-state index contributed by atoms with van der Waals surface area (Å²) >= 11 is 0. The second-order valence-electron chi connectivity index (χ2n) is 6.30. The number of ketones is 1. The first-order valence-electron chi connectivity index (χ1n) is 8.42. The molecule has 0 N–H and O–H groups in total. The summed E-state index contributed by atoms with van der Waals surface area (Å²) in [4.78, 5) is 27.7. The van der Waals surface area contributed by atoms with Crippen LogP contribution in [-0.4, -0.2) is 25.7 Å². The Morgan fingerprint density at radius 2 is 1.76 bits per heavy atom. The molecular weight excluding hydrogens is 385 g/mol. The van der Waals surface area contributed by atoms with Gasteiger partial charge in [0.1, 0.15) is 17.2 Å². The van der Waals surface area contributed by atoms with Gasteiger partial charge in [0.25, 0.3) is 0 Å². The third-order valence-corrected chi connectivity index (χ3v) is 4.48. The Morgan fingerprint density at radius 3 is 2.52 bits per heavy atom. The van der Waals surface area contributed by atoms with Crippen molar-refractivity contribution in [1.29, 1.82) is 0 Å². The predicted octanol–water partition coefficient (Wildman–Crippen LogP) is 4.44. The van der Waals surface area contributed by atoms with Crippen LogP contribution in [0.1, 0.15) is 21.9 Å². The van der Waals surface area contributed by atoms with E-state index in [0.29, 0.717) is 28.0 Å². The number of alkyl halides is 3. The van der Waals surface area contributed by atoms with Crippen molar-refractivity contribution in [2.75, 3.05) is 0 Å². The van der Waals surface area contributed by atoms with Gasteiger partial charge in [-0.15, -0.1) is 0 Å². The van der Waals surface area contributed by atoms with E-state index in [1.165, 1.54) is 6.20 Å². The molecule has 0 bridgehead atoms. The van der Waals surface area contributed by atoms with Gasteiger partial charge in [-0.05, 0) is 24.3 Å². The number of pyridine rings is 2. The van der Waals surface area contributed by atoms with Gasteiger partial charge in [-0.25, -0.2) is 9.97 Å². The lowest BCUT2D eigenvalue weighted by molar-refractivity contribution is -0.145. The summed E-state index contributed by atoms with van der Waals surface area (Å²) in [5, 5.41) is 0.594. The maximum atomic E-state index is 12.9. The Hall–Kier alpha value is -3.88. The van der Waals surface area contributed by atoms with Gasteiger partial charge in [0, 0.05) is 41.2 Å². The van der Waals surface area contributed by atoms with Crippen LogP contribution in [0.3, 0.4) is 0 Å². The first-order chi connectivity index (χ1) is 13.9. The minimum absolute atomic E-state index is 0.196. The zero-order valence-corrected chi connectivity index (χ0v) is 14.4. The molecule has 0 saturated carbocycles. The molecule has 29 heavy (non-hydrogen) atoms. The zero-order valence-electron chi connectivity index (χ0n) is 14.4. The van der Waals surface area contributed by atoms with Crippen molar-refractivity contribution >= 4 is 16.7 Å². The average Bonchev–Trinajstić information content (AvgIpc) is 3.00. The van der Waals surface area contributed by atoms with Crippen molar-refractivity contribution in [3.8, 4) is 22.6 Å². The monoisotopic (exact) mass is 394 g/mol. The largest absolute Gasteiger partial charge is 0.456 e. The number of halogens is 3. The number of benzene rings is 1. The lowest BCUT2D eigenvalue weighted by atomic mass is 10.0. The van der Waals surface area contributed by atoms with E-state index in [1.54, 1.807) is 42.7 Å². The summed E-state index contributed by atoms with van der Waals surface area (Å²) in [5.74, 6) is -0.900. The number of rotatable bonds is 2. The maximum absolute atomic E-state index is 12.9. The number of carbonyl (C=O) groups is 1. The Morgan fingerprint density at radius 1 is 0.931 bits per heavy atom. The highest BCUT2D eigenvalue weighted by Gasteiger charge is 2.38. The SMILES string of the molecule is O=C1c2cnc3cc(Oc4cccnc4)ccc3c2-c2cnc(C(F)(F)F)nc21. The maximum Gasteiger partial charge on any atom is 0.451 e. The molecule has 142 valence electrons. The summed E-state index contributed by atoms with van der Waals surface area (Å²) < 4.78 is 44.5. The van der Waals surface area contributed by atoms with E-state index in [-0.39, 0.29) is 16.8 Å². The number of ether oxygens (including phenoxy) is 1. The molecule has 0 radical (unpaired) electrons. The molecule has 3 heterocycles. The molecule has 0 spiro atoms. The summed E-state index contributed by atoms with van der Waals surface area (Å²) in [6.07, 6.45) is 0.823. The fourth-order valence-corrected chi connectivity index (χ4v) is 3.24. The van der Waals surface area contributed by atoms with Crippen molar-refractivity contribution in [2.45, 2.75) is 6.18 Å². The third-order valence-electron chi connectivity index (χ3n) is 4.48. The molecule has 0 unspecified atom stereocenters. The fraction of sp³-hybridized carbons (Fsp3) is 0.0500. The van der Waals surface area contributed by atoms with Crippen LogP contribution in [0.15, 0.2) is 55.1 Å². The summed E-state index contributed by atoms with van der Waals surface area (Å²) in [5.41, 5.74) is 1.17. The Labute approximate surface area is 161 Å². The van der Waals surface area contributed by atoms with Gasteiger partial charge in [0.05, 0.1) is 17.3 Å². The lowest BCUT2D eigenvalue weighted by Crippen LogP contribution is -2.13. The number of hydrogen-bond acceptors (Lipinski definition) is 6. The second kappa shape index (κ2) is 6.06. The fourth-order valence-electron chi connectivity index (χ4n) is 3.24. The molecule has 9 heteroatoms. The zero-order chi connectivity index (χ0) is 20.2. The average molecular weight is 394 g/mol. The highest BCUT2D eigenvalue weighted by atomic mass is 19.4. The van der Waals surface area contributed by atoms with Gasteiger partial charge in [-0.2, -0.15) is 13.2 Å². The first kappa shape index (κ1) is 17.2. The molecule has 0 fully saturated rings. The Bertz CT molecular complexity index is 1290. The van der Waals surface area contributed by atoms with Crippen molar-refractivity contribution in [2.24, 2.45) is 0 Å². The molecular formula is C20H9F3N4O2. The molecule has 6 nitrogen and oxygen atoms in total. The number of carbonyl (C=O) groups excluding carboxylic acids is 1. The van der Waals surface area contributed by atoms with E-state index in [9.17, 15) is 18.0 Å². The van der Waals surface area contributed by atoms with Gasteiger partial charge in [-0.3, -0.25) is 14.8 Å². The minimum Gasteiger partial charge on any atom is -0.456 e. The lowest BCUT2D eigenvalue weighted by Gasteiger charge is -2.09. The molecule has 0 amide bonds. The van der Waals surface area contributed by atoms with Gasteiger partial charge in [0.2, 0.25) is 11.6 Å². The van der Waals surface area contributed by atoms with Gasteiger partial charge < -0.3 is 4.74 Å². The topological polar surface area (TPSA) is 77.9 Å². The minimum atomic E-state index is -4.73. The molecule has 0 aliphatic heterocycles. The Kier molecular flexibility index (Phi) is 3.60.